The molecule has 0 radical (unpaired) electrons. The summed E-state index contributed by atoms with van der Waals surface area (Å²) in [5.41, 5.74) is -0.941. The van der Waals surface area contributed by atoms with Crippen LogP contribution in [0.1, 0.15) is 66.2 Å². The van der Waals surface area contributed by atoms with Gasteiger partial charge in [0.15, 0.2) is 6.10 Å². The van der Waals surface area contributed by atoms with E-state index in [4.69, 9.17) is 4.74 Å². The zero-order valence-electron chi connectivity index (χ0n) is 19.8. The monoisotopic (exact) mass is 452 g/mol. The molecule has 0 aromatic carbocycles. The molecule has 7 nitrogen and oxygen atoms in total. The van der Waals surface area contributed by atoms with Gasteiger partial charge in [0.1, 0.15) is 12.2 Å². The van der Waals surface area contributed by atoms with Crippen molar-refractivity contribution >= 4 is 5.97 Å². The van der Waals surface area contributed by atoms with Crippen molar-refractivity contribution < 1.29 is 35.1 Å². The Labute approximate surface area is 190 Å². The fourth-order valence-electron chi connectivity index (χ4n) is 7.23. The molecular formula is C25H40O7. The Morgan fingerprint density at radius 3 is 2.50 bits per heavy atom. The highest BCUT2D eigenvalue weighted by Crippen LogP contribution is 2.63. The summed E-state index contributed by atoms with van der Waals surface area (Å²) in [7, 11) is 0. The standard InChI is InChI=1S/C25H40O7/c1-14(19(29)20(30)21-15(2)11-18(28)32-21)7-8-17-24(4)10-6-9-23(3,13-26)22(24)16(27)12-25(17,5)31/h11,16-17,19-22,26-27,29-31H,1,6-10,12-13H2,2-5H3/t16-,17+,19-,20+,21+,22-,23-,24+,25+/m0/s1. The zero-order valence-corrected chi connectivity index (χ0v) is 19.8. The van der Waals surface area contributed by atoms with Crippen LogP contribution in [0.15, 0.2) is 23.8 Å². The van der Waals surface area contributed by atoms with Crippen molar-refractivity contribution in [3.63, 3.8) is 0 Å². The summed E-state index contributed by atoms with van der Waals surface area (Å²) in [6, 6.07) is 0. The zero-order chi connectivity index (χ0) is 24.1. The molecule has 7 heteroatoms. The van der Waals surface area contributed by atoms with Crippen LogP contribution in [-0.4, -0.2) is 68.1 Å². The summed E-state index contributed by atoms with van der Waals surface area (Å²) >= 11 is 0. The average molecular weight is 453 g/mol. The van der Waals surface area contributed by atoms with Gasteiger partial charge in [0.05, 0.1) is 11.7 Å². The lowest BCUT2D eigenvalue weighted by atomic mass is 9.44. The predicted octanol–water partition coefficient (Wildman–Crippen LogP) is 1.85. The molecule has 0 bridgehead atoms. The number of hydrogen-bond donors (Lipinski definition) is 5. The Kier molecular flexibility index (Phi) is 7.01. The molecule has 0 aromatic heterocycles. The molecule has 3 rings (SSSR count). The van der Waals surface area contributed by atoms with Gasteiger partial charge in [-0.3, -0.25) is 0 Å². The molecule has 2 saturated carbocycles. The normalized spacial score (nSPS) is 43.8. The van der Waals surface area contributed by atoms with Crippen LogP contribution in [0.25, 0.3) is 0 Å². The molecule has 2 aliphatic carbocycles. The SMILES string of the molecule is C=C(CC[C@@H]1[C@@]2(C)CCC[C@@](C)(CO)[C@@H]2[C@@H](O)C[C@@]1(C)O)[C@H](O)[C@@H](O)[C@@H]1OC(=O)C=C1C. The number of carbonyl (C=O) groups is 1. The van der Waals surface area contributed by atoms with Crippen LogP contribution < -0.4 is 0 Å². The Balaban J connectivity index is 1.75. The Morgan fingerprint density at radius 1 is 1.28 bits per heavy atom. The van der Waals surface area contributed by atoms with Crippen molar-refractivity contribution in [1.29, 1.82) is 0 Å². The average Bonchev–Trinajstić information content (AvgIpc) is 3.03. The Hall–Kier alpha value is -1.25. The topological polar surface area (TPSA) is 127 Å². The van der Waals surface area contributed by atoms with Crippen LogP contribution in [0.3, 0.4) is 0 Å². The largest absolute Gasteiger partial charge is 0.452 e. The fourth-order valence-corrected chi connectivity index (χ4v) is 7.23. The third-order valence-electron chi connectivity index (χ3n) is 8.68. The fraction of sp³-hybridized carbons (Fsp3) is 0.800. The van der Waals surface area contributed by atoms with E-state index in [1.54, 1.807) is 13.8 Å². The molecule has 1 aliphatic heterocycles. The molecule has 3 aliphatic rings. The minimum absolute atomic E-state index is 0.0101. The highest BCUT2D eigenvalue weighted by atomic mass is 16.6. The number of aliphatic hydroxyl groups excluding tert-OH is 4. The minimum atomic E-state index is -1.31. The van der Waals surface area contributed by atoms with E-state index in [2.05, 4.69) is 13.5 Å². The van der Waals surface area contributed by atoms with Crippen molar-refractivity contribution in [2.75, 3.05) is 6.61 Å². The molecule has 0 spiro atoms. The molecule has 2 fully saturated rings. The van der Waals surface area contributed by atoms with Gasteiger partial charge in [-0.2, -0.15) is 0 Å². The Bertz CT molecular complexity index is 774. The van der Waals surface area contributed by atoms with Gasteiger partial charge in [0.2, 0.25) is 0 Å². The first kappa shape index (κ1) is 25.4. The van der Waals surface area contributed by atoms with E-state index in [0.717, 1.165) is 19.3 Å². The summed E-state index contributed by atoms with van der Waals surface area (Å²) in [5.74, 6) is -0.862. The van der Waals surface area contributed by atoms with E-state index in [0.29, 0.717) is 24.0 Å². The number of esters is 1. The van der Waals surface area contributed by atoms with Crippen molar-refractivity contribution in [3.8, 4) is 0 Å². The van der Waals surface area contributed by atoms with Crippen LogP contribution in [0.4, 0.5) is 0 Å². The van der Waals surface area contributed by atoms with Crippen LogP contribution in [0.5, 0.6) is 0 Å². The van der Waals surface area contributed by atoms with Gasteiger partial charge < -0.3 is 30.3 Å². The number of ether oxygens (including phenoxy) is 1. The lowest BCUT2D eigenvalue weighted by Crippen LogP contribution is -2.63. The van der Waals surface area contributed by atoms with E-state index >= 15 is 0 Å². The number of rotatable bonds is 7. The molecule has 0 saturated heterocycles. The Morgan fingerprint density at radius 2 is 1.94 bits per heavy atom. The molecule has 0 amide bonds. The lowest BCUT2D eigenvalue weighted by molar-refractivity contribution is -0.223. The molecule has 5 N–H and O–H groups in total. The van der Waals surface area contributed by atoms with Crippen LogP contribution >= 0.6 is 0 Å². The molecule has 0 unspecified atom stereocenters. The van der Waals surface area contributed by atoms with Crippen molar-refractivity contribution in [2.45, 2.75) is 96.2 Å². The highest BCUT2D eigenvalue weighted by Gasteiger charge is 2.62. The first-order chi connectivity index (χ1) is 14.8. The van der Waals surface area contributed by atoms with E-state index in [-0.39, 0.29) is 30.3 Å². The van der Waals surface area contributed by atoms with E-state index in [1.165, 1.54) is 6.08 Å². The summed E-state index contributed by atoms with van der Waals surface area (Å²) in [5, 5.41) is 53.7. The molecule has 32 heavy (non-hydrogen) atoms. The number of aliphatic hydroxyl groups is 5. The number of cyclic esters (lactones) is 1. The highest BCUT2D eigenvalue weighted by molar-refractivity contribution is 5.85. The predicted molar refractivity (Wildman–Crippen MR) is 119 cm³/mol. The van der Waals surface area contributed by atoms with Crippen LogP contribution in [0, 0.1) is 22.7 Å². The summed E-state index contributed by atoms with van der Waals surface area (Å²) in [4.78, 5) is 11.5. The molecule has 1 heterocycles. The van der Waals surface area contributed by atoms with Crippen molar-refractivity contribution in [1.82, 2.24) is 0 Å². The number of carbonyl (C=O) groups excluding carboxylic acids is 1. The molecule has 9 atom stereocenters. The minimum Gasteiger partial charge on any atom is -0.452 e. The van der Waals surface area contributed by atoms with Crippen LogP contribution in [0.2, 0.25) is 0 Å². The summed E-state index contributed by atoms with van der Waals surface area (Å²) in [6.07, 6.45) is 0.824. The third-order valence-corrected chi connectivity index (χ3v) is 8.68. The lowest BCUT2D eigenvalue weighted by Gasteiger charge is -2.63. The van der Waals surface area contributed by atoms with Crippen LogP contribution in [-0.2, 0) is 9.53 Å². The molecular weight excluding hydrogens is 412 g/mol. The van der Waals surface area contributed by atoms with Gasteiger partial charge >= 0.3 is 5.97 Å². The maximum absolute atomic E-state index is 11.5. The van der Waals surface area contributed by atoms with Crippen molar-refractivity contribution in [2.24, 2.45) is 22.7 Å². The second-order valence-electron chi connectivity index (χ2n) is 11.2. The smallest absolute Gasteiger partial charge is 0.331 e. The molecule has 182 valence electrons. The third kappa shape index (κ3) is 4.30. The van der Waals surface area contributed by atoms with Gasteiger partial charge in [-0.05, 0) is 73.3 Å². The number of fused-ring (bicyclic) bond motifs is 1. The number of hydrogen-bond acceptors (Lipinski definition) is 7. The van der Waals surface area contributed by atoms with E-state index < -0.39 is 41.4 Å². The second kappa shape index (κ2) is 8.84. The summed E-state index contributed by atoms with van der Waals surface area (Å²) < 4.78 is 5.09. The van der Waals surface area contributed by atoms with Gasteiger partial charge in [-0.15, -0.1) is 0 Å². The summed E-state index contributed by atoms with van der Waals surface area (Å²) in [6.45, 7) is 11.5. The maximum Gasteiger partial charge on any atom is 0.331 e. The maximum atomic E-state index is 11.5. The first-order valence-electron chi connectivity index (χ1n) is 11.7. The van der Waals surface area contributed by atoms with E-state index in [1.807, 2.05) is 6.92 Å². The van der Waals surface area contributed by atoms with Gasteiger partial charge in [0, 0.05) is 19.1 Å². The van der Waals surface area contributed by atoms with E-state index in [9.17, 15) is 30.3 Å². The second-order valence-corrected chi connectivity index (χ2v) is 11.2. The van der Waals surface area contributed by atoms with Crippen molar-refractivity contribution in [3.05, 3.63) is 23.8 Å². The van der Waals surface area contributed by atoms with Gasteiger partial charge in [-0.25, -0.2) is 4.79 Å². The molecule has 0 aromatic rings. The van der Waals surface area contributed by atoms with Gasteiger partial charge in [-0.1, -0.05) is 26.8 Å². The quantitative estimate of drug-likeness (QED) is 0.295. The van der Waals surface area contributed by atoms with Gasteiger partial charge in [0.25, 0.3) is 0 Å². The first-order valence-corrected chi connectivity index (χ1v) is 11.7.